The Morgan fingerprint density at radius 2 is 1.70 bits per heavy atom. The normalized spacial score (nSPS) is 11.1. The fourth-order valence-electron chi connectivity index (χ4n) is 2.66. The number of allylic oxidation sites excluding steroid dienone is 1. The summed E-state index contributed by atoms with van der Waals surface area (Å²) in [7, 11) is 0. The molecule has 134 valence electrons. The molecule has 0 aliphatic heterocycles. The number of aromatic nitrogens is 3. The van der Waals surface area contributed by atoms with Gasteiger partial charge in [-0.3, -0.25) is 0 Å². The first-order valence-corrected chi connectivity index (χ1v) is 8.50. The van der Waals surface area contributed by atoms with Crippen molar-refractivity contribution in [3.8, 4) is 6.07 Å². The fraction of sp³-hybridized carbons (Fsp3) is 0.143. The largest absolute Gasteiger partial charge is 0.368 e. The number of hydrogen-bond donors (Lipinski definition) is 2. The summed E-state index contributed by atoms with van der Waals surface area (Å²) >= 11 is 0. The predicted molar refractivity (Wildman–Crippen MR) is 108 cm³/mol. The van der Waals surface area contributed by atoms with Crippen molar-refractivity contribution in [2.45, 2.75) is 20.8 Å². The van der Waals surface area contributed by atoms with Crippen molar-refractivity contribution in [3.63, 3.8) is 0 Å². The molecule has 0 aliphatic rings. The molecule has 0 saturated carbocycles. The summed E-state index contributed by atoms with van der Waals surface area (Å²) in [4.78, 5) is 12.6. The van der Waals surface area contributed by atoms with Gasteiger partial charge in [0.25, 0.3) is 0 Å². The van der Waals surface area contributed by atoms with Crippen LogP contribution in [0.25, 0.3) is 11.6 Å². The minimum absolute atomic E-state index is 0.0522. The van der Waals surface area contributed by atoms with Gasteiger partial charge >= 0.3 is 0 Å². The number of anilines is 3. The average Bonchev–Trinajstić information content (AvgIpc) is 2.64. The molecule has 0 amide bonds. The Balaban J connectivity index is 2.01. The van der Waals surface area contributed by atoms with E-state index in [0.717, 1.165) is 22.4 Å². The van der Waals surface area contributed by atoms with Gasteiger partial charge in [-0.15, -0.1) is 0 Å². The molecule has 3 aromatic rings. The Bertz CT molecular complexity index is 1050. The molecule has 6 nitrogen and oxygen atoms in total. The lowest BCUT2D eigenvalue weighted by Crippen LogP contribution is -2.06. The Labute approximate surface area is 158 Å². The maximum Gasteiger partial charge on any atom is 0.232 e. The zero-order chi connectivity index (χ0) is 19.4. The van der Waals surface area contributed by atoms with E-state index in [9.17, 15) is 5.26 Å². The molecule has 2 aromatic carbocycles. The highest BCUT2D eigenvalue weighted by Gasteiger charge is 2.11. The Hall–Kier alpha value is -3.72. The predicted octanol–water partition coefficient (Wildman–Crippen LogP) is 4.19. The zero-order valence-electron chi connectivity index (χ0n) is 15.5. The lowest BCUT2D eigenvalue weighted by Gasteiger charge is -2.08. The highest BCUT2D eigenvalue weighted by molar-refractivity contribution is 5.88. The molecule has 3 N–H and O–H groups in total. The van der Waals surface area contributed by atoms with E-state index >= 15 is 0 Å². The topological polar surface area (TPSA) is 101 Å². The number of aryl methyl sites for hydroxylation is 3. The van der Waals surface area contributed by atoms with E-state index in [-0.39, 0.29) is 11.8 Å². The number of nitrogens with one attached hydrogen (secondary N) is 1. The van der Waals surface area contributed by atoms with Crippen LogP contribution in [-0.4, -0.2) is 15.0 Å². The number of rotatable bonds is 4. The number of para-hydroxylation sites is 1. The lowest BCUT2D eigenvalue weighted by molar-refractivity contribution is 1.04. The average molecular weight is 356 g/mol. The number of hydrogen-bond acceptors (Lipinski definition) is 6. The van der Waals surface area contributed by atoms with E-state index in [1.54, 1.807) is 6.08 Å². The van der Waals surface area contributed by atoms with Gasteiger partial charge in [-0.25, -0.2) is 0 Å². The Morgan fingerprint density at radius 3 is 2.41 bits per heavy atom. The first-order chi connectivity index (χ1) is 13.0. The second-order valence-electron chi connectivity index (χ2n) is 6.29. The van der Waals surface area contributed by atoms with E-state index in [1.165, 1.54) is 5.56 Å². The summed E-state index contributed by atoms with van der Waals surface area (Å²) in [5, 5.41) is 12.7. The van der Waals surface area contributed by atoms with Gasteiger partial charge in [-0.2, -0.15) is 20.2 Å². The smallest absolute Gasteiger partial charge is 0.232 e. The quantitative estimate of drug-likeness (QED) is 0.680. The van der Waals surface area contributed by atoms with Crippen LogP contribution in [0.5, 0.6) is 0 Å². The molecule has 0 spiro atoms. The molecule has 0 aliphatic carbocycles. The summed E-state index contributed by atoms with van der Waals surface area (Å²) in [6.07, 6.45) is 1.78. The van der Waals surface area contributed by atoms with E-state index in [2.05, 4.69) is 45.4 Å². The van der Waals surface area contributed by atoms with E-state index < -0.39 is 0 Å². The standard InChI is InChI=1S/C21H20N6/c1-13-9-15(3)16(10-14(13)2)11-17(12-22)19-25-20(23)27-21(26-19)24-18-7-5-4-6-8-18/h4-11H,1-3H3,(H3,23,24,25,26,27)/b17-11+. The third-order valence-electron chi connectivity index (χ3n) is 4.23. The summed E-state index contributed by atoms with van der Waals surface area (Å²) < 4.78 is 0. The number of nitrogen functional groups attached to an aromatic ring is 1. The van der Waals surface area contributed by atoms with Gasteiger partial charge in [0.2, 0.25) is 11.9 Å². The van der Waals surface area contributed by atoms with Crippen LogP contribution in [-0.2, 0) is 0 Å². The van der Waals surface area contributed by atoms with Gasteiger partial charge in [-0.1, -0.05) is 30.3 Å². The minimum atomic E-state index is 0.0522. The molecule has 0 atom stereocenters. The van der Waals surface area contributed by atoms with E-state index in [1.807, 2.05) is 44.2 Å². The van der Waals surface area contributed by atoms with Gasteiger partial charge < -0.3 is 11.1 Å². The fourth-order valence-corrected chi connectivity index (χ4v) is 2.66. The van der Waals surface area contributed by atoms with Gasteiger partial charge in [0, 0.05) is 5.69 Å². The van der Waals surface area contributed by atoms with Crippen LogP contribution in [0, 0.1) is 32.1 Å². The lowest BCUT2D eigenvalue weighted by atomic mass is 9.99. The maximum absolute atomic E-state index is 9.65. The van der Waals surface area contributed by atoms with Gasteiger partial charge in [0.1, 0.15) is 6.07 Å². The number of benzene rings is 2. The summed E-state index contributed by atoms with van der Waals surface area (Å²) in [6, 6.07) is 15.8. The van der Waals surface area contributed by atoms with Crippen LogP contribution in [0.3, 0.4) is 0 Å². The highest BCUT2D eigenvalue weighted by Crippen LogP contribution is 2.22. The SMILES string of the molecule is Cc1cc(C)c(/C=C(\C#N)c2nc(N)nc(Nc3ccccc3)n2)cc1C. The molecule has 3 rings (SSSR count). The first kappa shape index (κ1) is 18.1. The van der Waals surface area contributed by atoms with Crippen molar-refractivity contribution < 1.29 is 0 Å². The number of nitrogens with two attached hydrogens (primary N) is 1. The van der Waals surface area contributed by atoms with Crippen LogP contribution in [0.2, 0.25) is 0 Å². The summed E-state index contributed by atoms with van der Waals surface area (Å²) in [5.41, 5.74) is 11.4. The third-order valence-corrected chi connectivity index (χ3v) is 4.23. The van der Waals surface area contributed by atoms with Crippen molar-refractivity contribution in [2.75, 3.05) is 11.1 Å². The third kappa shape index (κ3) is 4.28. The van der Waals surface area contributed by atoms with Crippen LogP contribution in [0.15, 0.2) is 42.5 Å². The Kier molecular flexibility index (Phi) is 5.13. The van der Waals surface area contributed by atoms with Crippen LogP contribution in [0.1, 0.15) is 28.1 Å². The monoisotopic (exact) mass is 356 g/mol. The van der Waals surface area contributed by atoms with Crippen LogP contribution >= 0.6 is 0 Å². The van der Waals surface area contributed by atoms with Crippen LogP contribution < -0.4 is 11.1 Å². The van der Waals surface area contributed by atoms with E-state index in [4.69, 9.17) is 5.73 Å². The Morgan fingerprint density at radius 1 is 1.00 bits per heavy atom. The van der Waals surface area contributed by atoms with Gasteiger partial charge in [0.15, 0.2) is 5.82 Å². The molecular formula is C21H20N6. The molecule has 27 heavy (non-hydrogen) atoms. The number of nitrogens with zero attached hydrogens (tertiary/aromatic N) is 4. The highest BCUT2D eigenvalue weighted by atomic mass is 15.2. The molecule has 0 saturated heterocycles. The van der Waals surface area contributed by atoms with Gasteiger partial charge in [0.05, 0.1) is 5.57 Å². The van der Waals surface area contributed by atoms with Crippen molar-refractivity contribution >= 4 is 29.2 Å². The molecule has 0 fully saturated rings. The maximum atomic E-state index is 9.65. The number of nitriles is 1. The summed E-state index contributed by atoms with van der Waals surface area (Å²) in [5.74, 6) is 0.583. The van der Waals surface area contributed by atoms with Crippen molar-refractivity contribution in [1.82, 2.24) is 15.0 Å². The molecular weight excluding hydrogens is 336 g/mol. The van der Waals surface area contributed by atoms with Crippen molar-refractivity contribution in [1.29, 1.82) is 5.26 Å². The second kappa shape index (κ2) is 7.67. The molecule has 0 bridgehead atoms. The van der Waals surface area contributed by atoms with E-state index in [0.29, 0.717) is 11.5 Å². The minimum Gasteiger partial charge on any atom is -0.368 e. The van der Waals surface area contributed by atoms with Crippen molar-refractivity contribution in [3.05, 3.63) is 70.5 Å². The molecule has 0 radical (unpaired) electrons. The van der Waals surface area contributed by atoms with Gasteiger partial charge in [-0.05, 0) is 61.2 Å². The zero-order valence-corrected chi connectivity index (χ0v) is 15.5. The molecule has 0 unspecified atom stereocenters. The molecule has 1 heterocycles. The first-order valence-electron chi connectivity index (χ1n) is 8.50. The second-order valence-corrected chi connectivity index (χ2v) is 6.29. The molecule has 6 heteroatoms. The van der Waals surface area contributed by atoms with Crippen molar-refractivity contribution in [2.24, 2.45) is 0 Å². The summed E-state index contributed by atoms with van der Waals surface area (Å²) in [6.45, 7) is 6.12. The van der Waals surface area contributed by atoms with Crippen LogP contribution in [0.4, 0.5) is 17.6 Å². The molecule has 1 aromatic heterocycles.